The first-order valence-corrected chi connectivity index (χ1v) is 4.91. The summed E-state index contributed by atoms with van der Waals surface area (Å²) in [4.78, 5) is 0. The standard InChI is InChI=1S/C5H12.2C2H6.C2H4/c1-3-5-4-2;3*1-2/h3-5H2,1-2H3;2*1-2H3;1-2H2. The van der Waals surface area contributed by atoms with Gasteiger partial charge in [0.2, 0.25) is 0 Å². The van der Waals surface area contributed by atoms with Crippen LogP contribution in [0.5, 0.6) is 0 Å². The SMILES string of the molecule is C=C.CC.CC.CCCCC. The molecule has 0 N–H and O–H groups in total. The zero-order chi connectivity index (χ0) is 10.1. The van der Waals surface area contributed by atoms with Gasteiger partial charge in [0, 0.05) is 0 Å². The molecule has 11 heavy (non-hydrogen) atoms. The molecule has 0 fully saturated rings. The van der Waals surface area contributed by atoms with Gasteiger partial charge in [-0.1, -0.05) is 60.8 Å². The van der Waals surface area contributed by atoms with Gasteiger partial charge in [-0.3, -0.25) is 0 Å². The molecule has 0 saturated heterocycles. The highest BCUT2D eigenvalue weighted by atomic mass is 13.7. The second-order valence-corrected chi connectivity index (χ2v) is 1.35. The van der Waals surface area contributed by atoms with Crippen LogP contribution in [0.1, 0.15) is 60.8 Å². The maximum absolute atomic E-state index is 3.00. The first-order chi connectivity index (χ1) is 5.41. The Labute approximate surface area is 74.7 Å². The van der Waals surface area contributed by atoms with E-state index in [1.807, 2.05) is 27.7 Å². The normalized spacial score (nSPS) is 5.27. The molecule has 0 aliphatic carbocycles. The van der Waals surface area contributed by atoms with Crippen LogP contribution < -0.4 is 0 Å². The average molecular weight is 160 g/mol. The Kier molecular flexibility index (Phi) is 202. The highest BCUT2D eigenvalue weighted by molar-refractivity contribution is 4.24. The van der Waals surface area contributed by atoms with E-state index >= 15 is 0 Å². The zero-order valence-electron chi connectivity index (χ0n) is 9.54. The molecular weight excluding hydrogens is 132 g/mol. The van der Waals surface area contributed by atoms with E-state index in [0.29, 0.717) is 0 Å². The maximum Gasteiger partial charge on any atom is -0.0538 e. The van der Waals surface area contributed by atoms with Gasteiger partial charge in [0.05, 0.1) is 0 Å². The van der Waals surface area contributed by atoms with E-state index in [9.17, 15) is 0 Å². The summed E-state index contributed by atoms with van der Waals surface area (Å²) in [6, 6.07) is 0. The monoisotopic (exact) mass is 160 g/mol. The van der Waals surface area contributed by atoms with Gasteiger partial charge in [-0.25, -0.2) is 0 Å². The van der Waals surface area contributed by atoms with Gasteiger partial charge >= 0.3 is 0 Å². The molecule has 0 aliphatic heterocycles. The van der Waals surface area contributed by atoms with Crippen LogP contribution >= 0.6 is 0 Å². The molecule has 0 amide bonds. The molecule has 0 atom stereocenters. The van der Waals surface area contributed by atoms with Gasteiger partial charge in [0.1, 0.15) is 0 Å². The minimum atomic E-state index is 1.34. The smallest absolute Gasteiger partial charge is 0.0538 e. The Bertz CT molecular complexity index is 14.0. The molecule has 0 heteroatoms. The molecule has 0 spiro atoms. The summed E-state index contributed by atoms with van der Waals surface area (Å²) in [6.45, 7) is 18.4. The predicted octanol–water partition coefficient (Wildman–Crippen LogP) is 5.05. The fourth-order valence-corrected chi connectivity index (χ4v) is 0.354. The van der Waals surface area contributed by atoms with Crippen molar-refractivity contribution in [2.75, 3.05) is 0 Å². The minimum absolute atomic E-state index is 1.34. The number of hydrogen-bond donors (Lipinski definition) is 0. The molecular formula is C11H28. The van der Waals surface area contributed by atoms with Crippen molar-refractivity contribution in [3.8, 4) is 0 Å². The van der Waals surface area contributed by atoms with Crippen molar-refractivity contribution in [1.82, 2.24) is 0 Å². The summed E-state index contributed by atoms with van der Waals surface area (Å²) in [6.07, 6.45) is 4.08. The molecule has 0 nitrogen and oxygen atoms in total. The highest BCUT2D eigenvalue weighted by Gasteiger charge is 1.68. The fraction of sp³-hybridized carbons (Fsp3) is 0.818. The summed E-state index contributed by atoms with van der Waals surface area (Å²) < 4.78 is 0. The second-order valence-electron chi connectivity index (χ2n) is 1.35. The van der Waals surface area contributed by atoms with E-state index < -0.39 is 0 Å². The second kappa shape index (κ2) is 99.1. The summed E-state index contributed by atoms with van der Waals surface area (Å²) in [5.74, 6) is 0. The predicted molar refractivity (Wildman–Crippen MR) is 59.1 cm³/mol. The Balaban J connectivity index is -0.0000000350. The third-order valence-electron chi connectivity index (χ3n) is 0.707. The van der Waals surface area contributed by atoms with Crippen LogP contribution in [-0.4, -0.2) is 0 Å². The Hall–Kier alpha value is -0.260. The van der Waals surface area contributed by atoms with Crippen molar-refractivity contribution in [3.05, 3.63) is 13.2 Å². The third kappa shape index (κ3) is 193. The summed E-state index contributed by atoms with van der Waals surface area (Å²) in [5.41, 5.74) is 0. The van der Waals surface area contributed by atoms with E-state index in [1.165, 1.54) is 19.3 Å². The average Bonchev–Trinajstić information content (AvgIpc) is 2.16. The van der Waals surface area contributed by atoms with Crippen molar-refractivity contribution >= 4 is 0 Å². The molecule has 0 saturated carbocycles. The maximum atomic E-state index is 3.00. The number of unbranched alkanes of at least 4 members (excludes halogenated alkanes) is 2. The Morgan fingerprint density at radius 1 is 0.727 bits per heavy atom. The molecule has 0 aromatic carbocycles. The van der Waals surface area contributed by atoms with E-state index in [2.05, 4.69) is 27.0 Å². The Morgan fingerprint density at radius 3 is 0.909 bits per heavy atom. The van der Waals surface area contributed by atoms with Crippen molar-refractivity contribution in [3.63, 3.8) is 0 Å². The van der Waals surface area contributed by atoms with Gasteiger partial charge in [-0.2, -0.15) is 0 Å². The van der Waals surface area contributed by atoms with Crippen molar-refractivity contribution in [2.24, 2.45) is 0 Å². The fourth-order valence-electron chi connectivity index (χ4n) is 0.354. The van der Waals surface area contributed by atoms with Crippen LogP contribution in [0, 0.1) is 0 Å². The molecule has 0 aromatic rings. The zero-order valence-corrected chi connectivity index (χ0v) is 9.54. The lowest BCUT2D eigenvalue weighted by atomic mass is 10.3. The first-order valence-electron chi connectivity index (χ1n) is 4.91. The largest absolute Gasteiger partial charge is 0.106 e. The lowest BCUT2D eigenvalue weighted by Crippen LogP contribution is -1.59. The molecule has 0 radical (unpaired) electrons. The highest BCUT2D eigenvalue weighted by Crippen LogP contribution is 1.88. The van der Waals surface area contributed by atoms with Crippen LogP contribution in [0.4, 0.5) is 0 Å². The van der Waals surface area contributed by atoms with Crippen LogP contribution in [-0.2, 0) is 0 Å². The first kappa shape index (κ1) is 22.4. The molecule has 0 heterocycles. The van der Waals surface area contributed by atoms with Gasteiger partial charge in [-0.15, -0.1) is 13.2 Å². The van der Waals surface area contributed by atoms with Gasteiger partial charge < -0.3 is 0 Å². The van der Waals surface area contributed by atoms with Crippen LogP contribution in [0.3, 0.4) is 0 Å². The summed E-state index contributed by atoms with van der Waals surface area (Å²) >= 11 is 0. The molecule has 0 rings (SSSR count). The topological polar surface area (TPSA) is 0 Å². The summed E-state index contributed by atoms with van der Waals surface area (Å²) in [5, 5.41) is 0. The van der Waals surface area contributed by atoms with E-state index in [4.69, 9.17) is 0 Å². The van der Waals surface area contributed by atoms with E-state index in [-0.39, 0.29) is 0 Å². The van der Waals surface area contributed by atoms with Gasteiger partial charge in [0.25, 0.3) is 0 Å². The van der Waals surface area contributed by atoms with Gasteiger partial charge in [-0.05, 0) is 0 Å². The number of rotatable bonds is 2. The lowest BCUT2D eigenvalue weighted by Gasteiger charge is -1.79. The quantitative estimate of drug-likeness (QED) is 0.496. The van der Waals surface area contributed by atoms with Crippen LogP contribution in [0.2, 0.25) is 0 Å². The molecule has 0 aromatic heterocycles. The number of hydrogen-bond acceptors (Lipinski definition) is 0. The van der Waals surface area contributed by atoms with E-state index in [1.54, 1.807) is 0 Å². The minimum Gasteiger partial charge on any atom is -0.106 e. The third-order valence-corrected chi connectivity index (χ3v) is 0.707. The molecule has 0 unspecified atom stereocenters. The van der Waals surface area contributed by atoms with Crippen molar-refractivity contribution in [1.29, 1.82) is 0 Å². The molecule has 0 bridgehead atoms. The Morgan fingerprint density at radius 2 is 0.909 bits per heavy atom. The molecule has 72 valence electrons. The summed E-state index contributed by atoms with van der Waals surface area (Å²) in [7, 11) is 0. The van der Waals surface area contributed by atoms with Gasteiger partial charge in [0.15, 0.2) is 0 Å². The van der Waals surface area contributed by atoms with Crippen LogP contribution in [0.25, 0.3) is 0 Å². The van der Waals surface area contributed by atoms with Crippen molar-refractivity contribution < 1.29 is 0 Å². The lowest BCUT2D eigenvalue weighted by molar-refractivity contribution is 0.772. The van der Waals surface area contributed by atoms with Crippen molar-refractivity contribution in [2.45, 2.75) is 60.8 Å². The van der Waals surface area contributed by atoms with E-state index in [0.717, 1.165) is 0 Å². The molecule has 0 aliphatic rings. The van der Waals surface area contributed by atoms with Crippen LogP contribution in [0.15, 0.2) is 13.2 Å².